The van der Waals surface area contributed by atoms with Crippen LogP contribution in [0.2, 0.25) is 0 Å². The Labute approximate surface area is 136 Å². The minimum atomic E-state index is -0.443. The molecule has 2 aliphatic heterocycles. The molecule has 2 heterocycles. The molecule has 1 aromatic carbocycles. The van der Waals surface area contributed by atoms with Crippen LogP contribution in [0.3, 0.4) is 0 Å². The SMILES string of the molecule is C=CN=C(/C=C/C)N1CCC2(CC1)Oc1cc(F)ccc1C2N. The first kappa shape index (κ1) is 15.7. The van der Waals surface area contributed by atoms with E-state index in [9.17, 15) is 4.39 Å². The van der Waals surface area contributed by atoms with Crippen LogP contribution >= 0.6 is 0 Å². The van der Waals surface area contributed by atoms with Crippen LogP contribution in [0.15, 0.2) is 48.1 Å². The van der Waals surface area contributed by atoms with E-state index in [4.69, 9.17) is 10.5 Å². The first-order valence-corrected chi connectivity index (χ1v) is 7.90. The van der Waals surface area contributed by atoms with Gasteiger partial charge in [0.2, 0.25) is 0 Å². The van der Waals surface area contributed by atoms with Crippen LogP contribution in [0.25, 0.3) is 0 Å². The number of hydrogen-bond donors (Lipinski definition) is 1. The zero-order valence-electron chi connectivity index (χ0n) is 13.3. The highest BCUT2D eigenvalue weighted by molar-refractivity contribution is 5.93. The molecule has 0 aliphatic carbocycles. The summed E-state index contributed by atoms with van der Waals surface area (Å²) < 4.78 is 19.5. The van der Waals surface area contributed by atoms with Crippen molar-refractivity contribution in [1.82, 2.24) is 4.90 Å². The molecule has 1 saturated heterocycles. The normalized spacial score (nSPS) is 23.2. The molecule has 0 radical (unpaired) electrons. The van der Waals surface area contributed by atoms with E-state index >= 15 is 0 Å². The van der Waals surface area contributed by atoms with Crippen LogP contribution in [-0.2, 0) is 0 Å². The highest BCUT2D eigenvalue weighted by Gasteiger charge is 2.48. The Kier molecular flexibility index (Phi) is 4.22. The third-order valence-electron chi connectivity index (χ3n) is 4.66. The lowest BCUT2D eigenvalue weighted by atomic mass is 9.83. The van der Waals surface area contributed by atoms with Gasteiger partial charge in [0, 0.05) is 43.8 Å². The standard InChI is InChI=1S/C18H22FN3O/c1-3-5-16(21-4-2)22-10-8-18(9-11-22)17(20)14-7-6-13(19)12-15(14)23-18/h3-7,12,17H,2,8-11,20H2,1H3/b5-3+,21-16?. The summed E-state index contributed by atoms with van der Waals surface area (Å²) in [5, 5.41) is 0. The van der Waals surface area contributed by atoms with Crippen LogP contribution in [0.1, 0.15) is 31.4 Å². The molecular weight excluding hydrogens is 293 g/mol. The number of piperidine rings is 1. The number of amidine groups is 1. The Hall–Kier alpha value is -2.14. The van der Waals surface area contributed by atoms with Crippen molar-refractivity contribution in [2.24, 2.45) is 10.7 Å². The maximum absolute atomic E-state index is 13.4. The summed E-state index contributed by atoms with van der Waals surface area (Å²) >= 11 is 0. The van der Waals surface area contributed by atoms with Crippen molar-refractivity contribution >= 4 is 5.84 Å². The smallest absolute Gasteiger partial charge is 0.132 e. The van der Waals surface area contributed by atoms with E-state index in [1.165, 1.54) is 12.1 Å². The highest BCUT2D eigenvalue weighted by Crippen LogP contribution is 2.47. The predicted molar refractivity (Wildman–Crippen MR) is 89.9 cm³/mol. The van der Waals surface area contributed by atoms with Gasteiger partial charge >= 0.3 is 0 Å². The zero-order valence-corrected chi connectivity index (χ0v) is 13.3. The van der Waals surface area contributed by atoms with Crippen molar-refractivity contribution in [1.29, 1.82) is 0 Å². The number of likely N-dealkylation sites (tertiary alicyclic amines) is 1. The van der Waals surface area contributed by atoms with Gasteiger partial charge in [0.15, 0.2) is 0 Å². The van der Waals surface area contributed by atoms with E-state index in [2.05, 4.69) is 16.5 Å². The Bertz CT molecular complexity index is 660. The van der Waals surface area contributed by atoms with E-state index in [1.807, 2.05) is 19.1 Å². The third-order valence-corrected chi connectivity index (χ3v) is 4.66. The fourth-order valence-corrected chi connectivity index (χ4v) is 3.42. The topological polar surface area (TPSA) is 50.8 Å². The van der Waals surface area contributed by atoms with Crippen molar-refractivity contribution in [2.75, 3.05) is 13.1 Å². The second kappa shape index (κ2) is 6.16. The summed E-state index contributed by atoms with van der Waals surface area (Å²) in [6.07, 6.45) is 7.04. The fraction of sp³-hybridized carbons (Fsp3) is 0.389. The van der Waals surface area contributed by atoms with Crippen molar-refractivity contribution in [2.45, 2.75) is 31.4 Å². The number of nitrogens with zero attached hydrogens (tertiary/aromatic N) is 2. The molecule has 1 spiro atoms. The summed E-state index contributed by atoms with van der Waals surface area (Å²) in [5.41, 5.74) is 6.87. The van der Waals surface area contributed by atoms with Crippen molar-refractivity contribution in [3.8, 4) is 5.75 Å². The van der Waals surface area contributed by atoms with Gasteiger partial charge in [0.25, 0.3) is 0 Å². The highest BCUT2D eigenvalue weighted by atomic mass is 19.1. The fourth-order valence-electron chi connectivity index (χ4n) is 3.42. The van der Waals surface area contributed by atoms with E-state index < -0.39 is 5.60 Å². The van der Waals surface area contributed by atoms with Crippen LogP contribution < -0.4 is 10.5 Å². The Morgan fingerprint density at radius 2 is 2.22 bits per heavy atom. The maximum Gasteiger partial charge on any atom is 0.132 e. The second-order valence-electron chi connectivity index (χ2n) is 5.98. The molecule has 4 nitrogen and oxygen atoms in total. The largest absolute Gasteiger partial charge is 0.485 e. The van der Waals surface area contributed by atoms with Crippen LogP contribution in [-0.4, -0.2) is 29.4 Å². The van der Waals surface area contributed by atoms with Crippen molar-refractivity contribution in [3.05, 3.63) is 54.5 Å². The second-order valence-corrected chi connectivity index (χ2v) is 5.98. The van der Waals surface area contributed by atoms with E-state index in [-0.39, 0.29) is 11.9 Å². The van der Waals surface area contributed by atoms with Gasteiger partial charge in [-0.2, -0.15) is 0 Å². The summed E-state index contributed by atoms with van der Waals surface area (Å²) in [6.45, 7) is 7.22. The van der Waals surface area contributed by atoms with Crippen LogP contribution in [0.5, 0.6) is 5.75 Å². The minimum Gasteiger partial charge on any atom is -0.485 e. The van der Waals surface area contributed by atoms with Gasteiger partial charge in [-0.1, -0.05) is 18.7 Å². The molecule has 0 aromatic heterocycles. The first-order chi connectivity index (χ1) is 11.1. The number of fused-ring (bicyclic) bond motifs is 1. The van der Waals surface area contributed by atoms with Gasteiger partial charge in [-0.05, 0) is 19.1 Å². The molecule has 122 valence electrons. The summed E-state index contributed by atoms with van der Waals surface area (Å²) in [6, 6.07) is 4.39. The molecule has 2 N–H and O–H groups in total. The van der Waals surface area contributed by atoms with Crippen molar-refractivity contribution in [3.63, 3.8) is 0 Å². The van der Waals surface area contributed by atoms with E-state index in [0.717, 1.165) is 37.3 Å². The Balaban J connectivity index is 1.77. The Morgan fingerprint density at radius 3 is 2.87 bits per heavy atom. The summed E-state index contributed by atoms with van der Waals surface area (Å²) in [5.74, 6) is 1.19. The lowest BCUT2D eigenvalue weighted by Crippen LogP contribution is -2.52. The van der Waals surface area contributed by atoms with Gasteiger partial charge in [-0.15, -0.1) is 0 Å². The van der Waals surface area contributed by atoms with Gasteiger partial charge in [-0.3, -0.25) is 0 Å². The number of ether oxygens (including phenoxy) is 1. The summed E-state index contributed by atoms with van der Waals surface area (Å²) in [7, 11) is 0. The quantitative estimate of drug-likeness (QED) is 0.673. The molecule has 1 atom stereocenters. The van der Waals surface area contributed by atoms with E-state index in [1.54, 1.807) is 12.3 Å². The Morgan fingerprint density at radius 1 is 1.48 bits per heavy atom. The number of allylic oxidation sites excluding steroid dienone is 1. The zero-order chi connectivity index (χ0) is 16.4. The van der Waals surface area contributed by atoms with Gasteiger partial charge in [0.05, 0.1) is 6.04 Å². The number of rotatable bonds is 2. The molecule has 2 aliphatic rings. The summed E-state index contributed by atoms with van der Waals surface area (Å²) in [4.78, 5) is 6.52. The molecule has 5 heteroatoms. The predicted octanol–water partition coefficient (Wildman–Crippen LogP) is 3.17. The number of nitrogens with two attached hydrogens (primary N) is 1. The number of benzene rings is 1. The monoisotopic (exact) mass is 315 g/mol. The lowest BCUT2D eigenvalue weighted by molar-refractivity contribution is 0.0169. The minimum absolute atomic E-state index is 0.221. The maximum atomic E-state index is 13.4. The molecule has 0 amide bonds. The molecule has 3 rings (SSSR count). The number of aliphatic imine (C=N–C) groups is 1. The number of halogens is 1. The lowest BCUT2D eigenvalue weighted by Gasteiger charge is -2.41. The molecule has 1 unspecified atom stereocenters. The molecule has 1 aromatic rings. The van der Waals surface area contributed by atoms with Crippen LogP contribution in [0, 0.1) is 5.82 Å². The molecular formula is C18H22FN3O. The van der Waals surface area contributed by atoms with Gasteiger partial charge in [-0.25, -0.2) is 9.38 Å². The average Bonchev–Trinajstić information content (AvgIpc) is 2.80. The molecule has 0 saturated carbocycles. The van der Waals surface area contributed by atoms with Gasteiger partial charge in [0.1, 0.15) is 23.0 Å². The van der Waals surface area contributed by atoms with Gasteiger partial charge < -0.3 is 15.4 Å². The average molecular weight is 315 g/mol. The molecule has 0 bridgehead atoms. The van der Waals surface area contributed by atoms with Crippen LogP contribution in [0.4, 0.5) is 4.39 Å². The molecule has 1 fully saturated rings. The molecule has 23 heavy (non-hydrogen) atoms. The first-order valence-electron chi connectivity index (χ1n) is 7.90. The van der Waals surface area contributed by atoms with Crippen molar-refractivity contribution < 1.29 is 9.13 Å². The number of hydrogen-bond acceptors (Lipinski definition) is 3. The third kappa shape index (κ3) is 2.77. The van der Waals surface area contributed by atoms with E-state index in [0.29, 0.717) is 5.75 Å².